The van der Waals surface area contributed by atoms with Gasteiger partial charge in [-0.3, -0.25) is 0 Å². The van der Waals surface area contributed by atoms with Crippen LogP contribution in [0.4, 0.5) is 0 Å². The van der Waals surface area contributed by atoms with Crippen LogP contribution in [0.25, 0.3) is 0 Å². The number of rotatable bonds is 7. The van der Waals surface area contributed by atoms with Gasteiger partial charge < -0.3 is 14.6 Å². The minimum atomic E-state index is -0.611. The van der Waals surface area contributed by atoms with Gasteiger partial charge in [0.05, 0.1) is 19.8 Å². The summed E-state index contributed by atoms with van der Waals surface area (Å²) in [6.07, 6.45) is 0.494. The monoisotopic (exact) mass is 315 g/mol. The number of hydrogen-bond donors (Lipinski definition) is 1. The molecule has 0 atom stereocenters. The summed E-state index contributed by atoms with van der Waals surface area (Å²) in [5.74, 6) is -0.738. The van der Waals surface area contributed by atoms with Crippen LogP contribution in [0.3, 0.4) is 0 Å². The summed E-state index contributed by atoms with van der Waals surface area (Å²) in [6, 6.07) is 11.6. The SMILES string of the molecule is CCOC(=O)c1nc(C)cc(CCOCc2ccccc2)c1O. The van der Waals surface area contributed by atoms with Gasteiger partial charge in [0.25, 0.3) is 0 Å². The largest absolute Gasteiger partial charge is 0.505 e. The van der Waals surface area contributed by atoms with Crippen molar-refractivity contribution in [1.82, 2.24) is 4.98 Å². The minimum absolute atomic E-state index is 0.0371. The number of pyridine rings is 1. The lowest BCUT2D eigenvalue weighted by Gasteiger charge is -2.10. The number of aryl methyl sites for hydroxylation is 1. The third kappa shape index (κ3) is 4.79. The van der Waals surface area contributed by atoms with Gasteiger partial charge in [0.2, 0.25) is 0 Å². The summed E-state index contributed by atoms with van der Waals surface area (Å²) in [4.78, 5) is 15.9. The molecule has 0 aliphatic rings. The molecule has 0 amide bonds. The van der Waals surface area contributed by atoms with Crippen LogP contribution in [0.1, 0.15) is 34.2 Å². The van der Waals surface area contributed by atoms with Gasteiger partial charge in [-0.2, -0.15) is 0 Å². The molecule has 122 valence electrons. The van der Waals surface area contributed by atoms with E-state index in [4.69, 9.17) is 9.47 Å². The van der Waals surface area contributed by atoms with E-state index in [0.29, 0.717) is 30.9 Å². The summed E-state index contributed by atoms with van der Waals surface area (Å²) >= 11 is 0. The molecule has 0 saturated heterocycles. The number of carbonyl (C=O) groups is 1. The molecule has 5 nitrogen and oxygen atoms in total. The lowest BCUT2D eigenvalue weighted by Crippen LogP contribution is -2.10. The molecule has 1 N–H and O–H groups in total. The predicted molar refractivity (Wildman–Crippen MR) is 86.4 cm³/mol. The topological polar surface area (TPSA) is 68.7 Å². The van der Waals surface area contributed by atoms with Gasteiger partial charge in [-0.15, -0.1) is 0 Å². The van der Waals surface area contributed by atoms with Crippen LogP contribution < -0.4 is 0 Å². The molecule has 0 bridgehead atoms. The number of benzene rings is 1. The lowest BCUT2D eigenvalue weighted by atomic mass is 10.1. The molecule has 23 heavy (non-hydrogen) atoms. The average molecular weight is 315 g/mol. The first-order chi connectivity index (χ1) is 11.1. The van der Waals surface area contributed by atoms with E-state index >= 15 is 0 Å². The number of nitrogens with zero attached hydrogens (tertiary/aromatic N) is 1. The number of aromatic hydroxyl groups is 1. The van der Waals surface area contributed by atoms with Crippen molar-refractivity contribution in [3.8, 4) is 5.75 Å². The van der Waals surface area contributed by atoms with Gasteiger partial charge in [0, 0.05) is 11.3 Å². The second-order valence-corrected chi connectivity index (χ2v) is 5.13. The third-order valence-electron chi connectivity index (χ3n) is 3.30. The van der Waals surface area contributed by atoms with Crippen molar-refractivity contribution in [1.29, 1.82) is 0 Å². The van der Waals surface area contributed by atoms with Crippen molar-refractivity contribution < 1.29 is 19.4 Å². The molecule has 5 heteroatoms. The quantitative estimate of drug-likeness (QED) is 0.628. The third-order valence-corrected chi connectivity index (χ3v) is 3.30. The van der Waals surface area contributed by atoms with E-state index in [0.717, 1.165) is 5.56 Å². The Kier molecular flexibility index (Phi) is 6.11. The first kappa shape index (κ1) is 17.0. The molecule has 1 aromatic carbocycles. The minimum Gasteiger partial charge on any atom is -0.505 e. The Bertz CT molecular complexity index is 656. The molecule has 0 fully saturated rings. The maximum Gasteiger partial charge on any atom is 0.360 e. The maximum atomic E-state index is 11.8. The highest BCUT2D eigenvalue weighted by Gasteiger charge is 2.18. The second kappa shape index (κ2) is 8.29. The fourth-order valence-corrected chi connectivity index (χ4v) is 2.21. The highest BCUT2D eigenvalue weighted by molar-refractivity contribution is 5.90. The first-order valence-electron chi connectivity index (χ1n) is 7.60. The van der Waals surface area contributed by atoms with Crippen molar-refractivity contribution in [3.63, 3.8) is 0 Å². The van der Waals surface area contributed by atoms with E-state index in [-0.39, 0.29) is 18.1 Å². The van der Waals surface area contributed by atoms with Gasteiger partial charge in [-0.25, -0.2) is 9.78 Å². The molecule has 0 aliphatic heterocycles. The molecular formula is C18H21NO4. The van der Waals surface area contributed by atoms with Crippen LogP contribution in [0.5, 0.6) is 5.75 Å². The number of ether oxygens (including phenoxy) is 2. The Balaban J connectivity index is 1.98. The summed E-state index contributed by atoms with van der Waals surface area (Å²) in [7, 11) is 0. The van der Waals surface area contributed by atoms with Crippen molar-refractivity contribution in [3.05, 3.63) is 58.9 Å². The van der Waals surface area contributed by atoms with E-state index in [1.165, 1.54) is 0 Å². The van der Waals surface area contributed by atoms with Gasteiger partial charge in [-0.05, 0) is 31.9 Å². The maximum absolute atomic E-state index is 11.8. The smallest absolute Gasteiger partial charge is 0.360 e. The molecule has 2 rings (SSSR count). The van der Waals surface area contributed by atoms with Crippen LogP contribution in [0.2, 0.25) is 0 Å². The van der Waals surface area contributed by atoms with Crippen LogP contribution in [0.15, 0.2) is 36.4 Å². The summed E-state index contributed by atoms with van der Waals surface area (Å²) in [5.41, 5.74) is 2.34. The number of carbonyl (C=O) groups excluding carboxylic acids is 1. The zero-order valence-electron chi connectivity index (χ0n) is 13.4. The molecule has 1 heterocycles. The highest BCUT2D eigenvalue weighted by atomic mass is 16.5. The van der Waals surface area contributed by atoms with E-state index < -0.39 is 5.97 Å². The van der Waals surface area contributed by atoms with Gasteiger partial charge in [-0.1, -0.05) is 30.3 Å². The normalized spacial score (nSPS) is 10.5. The average Bonchev–Trinajstić information content (AvgIpc) is 2.55. The Morgan fingerprint density at radius 1 is 1.26 bits per heavy atom. The van der Waals surface area contributed by atoms with Gasteiger partial charge in [0.1, 0.15) is 0 Å². The fourth-order valence-electron chi connectivity index (χ4n) is 2.21. The molecule has 0 unspecified atom stereocenters. The van der Waals surface area contributed by atoms with Crippen LogP contribution in [0, 0.1) is 6.92 Å². The summed E-state index contributed by atoms with van der Waals surface area (Å²) in [5, 5.41) is 10.2. The number of aromatic nitrogens is 1. The first-order valence-corrected chi connectivity index (χ1v) is 7.60. The van der Waals surface area contributed by atoms with Crippen LogP contribution in [-0.2, 0) is 22.5 Å². The Morgan fingerprint density at radius 3 is 2.70 bits per heavy atom. The lowest BCUT2D eigenvalue weighted by molar-refractivity contribution is 0.0515. The number of hydrogen-bond acceptors (Lipinski definition) is 5. The summed E-state index contributed by atoms with van der Waals surface area (Å²) in [6.45, 7) is 4.67. The highest BCUT2D eigenvalue weighted by Crippen LogP contribution is 2.23. The van der Waals surface area contributed by atoms with Gasteiger partial charge in [0.15, 0.2) is 11.4 Å². The van der Waals surface area contributed by atoms with E-state index in [1.807, 2.05) is 30.3 Å². The molecule has 0 radical (unpaired) electrons. The summed E-state index contributed by atoms with van der Waals surface area (Å²) < 4.78 is 10.5. The molecule has 0 aliphatic carbocycles. The molecule has 2 aromatic rings. The van der Waals surface area contributed by atoms with E-state index in [2.05, 4.69) is 4.98 Å². The zero-order chi connectivity index (χ0) is 16.7. The Morgan fingerprint density at radius 2 is 2.00 bits per heavy atom. The fraction of sp³-hybridized carbons (Fsp3) is 0.333. The predicted octanol–water partition coefficient (Wildman–Crippen LogP) is 3.03. The Hall–Kier alpha value is -2.40. The van der Waals surface area contributed by atoms with Crippen molar-refractivity contribution in [2.45, 2.75) is 26.9 Å². The number of esters is 1. The van der Waals surface area contributed by atoms with E-state index in [1.54, 1.807) is 19.9 Å². The molecule has 1 aromatic heterocycles. The molecule has 0 spiro atoms. The Labute approximate surface area is 135 Å². The van der Waals surface area contributed by atoms with Crippen molar-refractivity contribution >= 4 is 5.97 Å². The van der Waals surface area contributed by atoms with Crippen molar-refractivity contribution in [2.24, 2.45) is 0 Å². The zero-order valence-corrected chi connectivity index (χ0v) is 13.4. The van der Waals surface area contributed by atoms with E-state index in [9.17, 15) is 9.90 Å². The standard InChI is InChI=1S/C18H21NO4/c1-3-23-18(21)16-17(20)15(11-13(2)19-16)9-10-22-12-14-7-5-4-6-8-14/h4-8,11,20H,3,9-10,12H2,1-2H3. The van der Waals surface area contributed by atoms with Gasteiger partial charge >= 0.3 is 5.97 Å². The molecular weight excluding hydrogens is 294 g/mol. The van der Waals surface area contributed by atoms with Crippen molar-refractivity contribution in [2.75, 3.05) is 13.2 Å². The molecule has 0 saturated carbocycles. The second-order valence-electron chi connectivity index (χ2n) is 5.13. The van der Waals surface area contributed by atoms with Crippen LogP contribution >= 0.6 is 0 Å². The van der Waals surface area contributed by atoms with Crippen LogP contribution in [-0.4, -0.2) is 29.3 Å².